The number of aromatic nitrogens is 1. The van der Waals surface area contributed by atoms with Crippen LogP contribution < -0.4 is 5.32 Å². The number of hydrogen-bond acceptors (Lipinski definition) is 3. The average Bonchev–Trinajstić information content (AvgIpc) is 3.20. The standard InChI is InChI=1S/C17H19FN2O2/c1-11(20-16(21)13-4-2-3-5-13)17-19-10-15(22-17)12-6-8-14(18)9-7-12/h6-11,13H,2-5H2,1H3,(H,20,21). The van der Waals surface area contributed by atoms with Crippen LogP contribution in [0.25, 0.3) is 11.3 Å². The number of benzene rings is 1. The molecule has 1 aromatic heterocycles. The maximum absolute atomic E-state index is 12.9. The largest absolute Gasteiger partial charge is 0.438 e. The molecule has 22 heavy (non-hydrogen) atoms. The van der Waals surface area contributed by atoms with Gasteiger partial charge >= 0.3 is 0 Å². The lowest BCUT2D eigenvalue weighted by atomic mass is 10.1. The van der Waals surface area contributed by atoms with E-state index in [4.69, 9.17) is 4.42 Å². The van der Waals surface area contributed by atoms with E-state index in [1.54, 1.807) is 18.3 Å². The SMILES string of the molecule is CC(NC(=O)C1CCCC1)c1ncc(-c2ccc(F)cc2)o1. The van der Waals surface area contributed by atoms with Gasteiger partial charge in [-0.25, -0.2) is 9.37 Å². The van der Waals surface area contributed by atoms with Crippen molar-refractivity contribution in [3.63, 3.8) is 0 Å². The summed E-state index contributed by atoms with van der Waals surface area (Å²) < 4.78 is 18.6. The number of halogens is 1. The first kappa shape index (κ1) is 14.8. The Morgan fingerprint density at radius 2 is 2.00 bits per heavy atom. The van der Waals surface area contributed by atoms with E-state index >= 15 is 0 Å². The molecule has 5 heteroatoms. The van der Waals surface area contributed by atoms with Crippen LogP contribution in [0.1, 0.15) is 44.5 Å². The molecule has 1 aliphatic carbocycles. The molecule has 2 aromatic rings. The summed E-state index contributed by atoms with van der Waals surface area (Å²) in [6.07, 6.45) is 5.77. The van der Waals surface area contributed by atoms with Gasteiger partial charge in [0.25, 0.3) is 0 Å². The van der Waals surface area contributed by atoms with Gasteiger partial charge in [0.2, 0.25) is 11.8 Å². The van der Waals surface area contributed by atoms with Crippen LogP contribution in [-0.4, -0.2) is 10.9 Å². The van der Waals surface area contributed by atoms with E-state index in [0.29, 0.717) is 11.7 Å². The fourth-order valence-electron chi connectivity index (χ4n) is 2.82. The number of nitrogens with one attached hydrogen (secondary N) is 1. The number of oxazole rings is 1. The molecule has 1 N–H and O–H groups in total. The predicted octanol–water partition coefficient (Wildman–Crippen LogP) is 3.85. The first-order chi connectivity index (χ1) is 10.6. The molecule has 3 rings (SSSR count). The Balaban J connectivity index is 1.67. The molecule has 116 valence electrons. The summed E-state index contributed by atoms with van der Waals surface area (Å²) in [5.74, 6) is 0.934. The van der Waals surface area contributed by atoms with E-state index in [-0.39, 0.29) is 23.7 Å². The van der Waals surface area contributed by atoms with Gasteiger partial charge in [-0.1, -0.05) is 12.8 Å². The maximum Gasteiger partial charge on any atom is 0.223 e. The van der Waals surface area contributed by atoms with Crippen LogP contribution in [0.2, 0.25) is 0 Å². The lowest BCUT2D eigenvalue weighted by Crippen LogP contribution is -2.31. The highest BCUT2D eigenvalue weighted by Gasteiger charge is 2.25. The van der Waals surface area contributed by atoms with Gasteiger partial charge in [0.1, 0.15) is 11.9 Å². The smallest absolute Gasteiger partial charge is 0.223 e. The maximum atomic E-state index is 12.9. The third kappa shape index (κ3) is 3.18. The van der Waals surface area contributed by atoms with Gasteiger partial charge in [-0.2, -0.15) is 0 Å². The fraction of sp³-hybridized carbons (Fsp3) is 0.412. The zero-order chi connectivity index (χ0) is 15.5. The minimum absolute atomic E-state index is 0.0755. The van der Waals surface area contributed by atoms with Gasteiger partial charge in [0.15, 0.2) is 5.76 Å². The summed E-state index contributed by atoms with van der Waals surface area (Å²) in [7, 11) is 0. The molecule has 1 amide bonds. The highest BCUT2D eigenvalue weighted by Crippen LogP contribution is 2.27. The molecule has 1 fully saturated rings. The van der Waals surface area contributed by atoms with E-state index in [1.807, 2.05) is 6.92 Å². The summed E-state index contributed by atoms with van der Waals surface area (Å²) >= 11 is 0. The van der Waals surface area contributed by atoms with Crippen LogP contribution in [0.15, 0.2) is 34.9 Å². The number of carbonyl (C=O) groups excluding carboxylic acids is 1. The highest BCUT2D eigenvalue weighted by atomic mass is 19.1. The molecule has 0 bridgehead atoms. The Hall–Kier alpha value is -2.17. The van der Waals surface area contributed by atoms with Gasteiger partial charge in [0, 0.05) is 11.5 Å². The monoisotopic (exact) mass is 302 g/mol. The third-order valence-corrected chi connectivity index (χ3v) is 4.11. The molecule has 1 atom stereocenters. The van der Waals surface area contributed by atoms with Gasteiger partial charge in [0.05, 0.1) is 6.20 Å². The molecule has 0 radical (unpaired) electrons. The Labute approximate surface area is 128 Å². The van der Waals surface area contributed by atoms with Crippen LogP contribution >= 0.6 is 0 Å². The van der Waals surface area contributed by atoms with Crippen LogP contribution in [0.4, 0.5) is 4.39 Å². The lowest BCUT2D eigenvalue weighted by molar-refractivity contribution is -0.125. The van der Waals surface area contributed by atoms with Crippen molar-refractivity contribution in [2.75, 3.05) is 0 Å². The summed E-state index contributed by atoms with van der Waals surface area (Å²) in [4.78, 5) is 16.3. The van der Waals surface area contributed by atoms with Crippen LogP contribution in [0, 0.1) is 11.7 Å². The Kier molecular flexibility index (Phi) is 4.22. The second-order valence-electron chi connectivity index (χ2n) is 5.78. The summed E-state index contributed by atoms with van der Waals surface area (Å²) in [6, 6.07) is 5.76. The Morgan fingerprint density at radius 1 is 1.32 bits per heavy atom. The highest BCUT2D eigenvalue weighted by molar-refractivity contribution is 5.79. The van der Waals surface area contributed by atoms with Crippen LogP contribution in [-0.2, 0) is 4.79 Å². The summed E-state index contributed by atoms with van der Waals surface area (Å²) in [6.45, 7) is 1.85. The number of rotatable bonds is 4. The molecule has 0 spiro atoms. The zero-order valence-corrected chi connectivity index (χ0v) is 12.5. The average molecular weight is 302 g/mol. The van der Waals surface area contributed by atoms with E-state index in [1.165, 1.54) is 12.1 Å². The number of amides is 1. The Bertz CT molecular complexity index is 645. The fourth-order valence-corrected chi connectivity index (χ4v) is 2.82. The Morgan fingerprint density at radius 3 is 2.68 bits per heavy atom. The molecular formula is C17H19FN2O2. The normalized spacial score (nSPS) is 16.6. The lowest BCUT2D eigenvalue weighted by Gasteiger charge is -2.14. The minimum Gasteiger partial charge on any atom is -0.438 e. The molecule has 0 saturated heterocycles. The zero-order valence-electron chi connectivity index (χ0n) is 12.5. The van der Waals surface area contributed by atoms with Gasteiger partial charge in [-0.15, -0.1) is 0 Å². The van der Waals surface area contributed by atoms with Crippen molar-refractivity contribution in [2.24, 2.45) is 5.92 Å². The van der Waals surface area contributed by atoms with Crippen LogP contribution in [0.3, 0.4) is 0 Å². The van der Waals surface area contributed by atoms with E-state index in [0.717, 1.165) is 31.2 Å². The summed E-state index contributed by atoms with van der Waals surface area (Å²) in [5, 5.41) is 2.96. The molecule has 1 heterocycles. The molecule has 1 unspecified atom stereocenters. The molecular weight excluding hydrogens is 283 g/mol. The van der Waals surface area contributed by atoms with Crippen molar-refractivity contribution in [1.29, 1.82) is 0 Å². The molecule has 1 aromatic carbocycles. The van der Waals surface area contributed by atoms with E-state index in [2.05, 4.69) is 10.3 Å². The van der Waals surface area contributed by atoms with E-state index < -0.39 is 0 Å². The first-order valence-electron chi connectivity index (χ1n) is 7.65. The van der Waals surface area contributed by atoms with Gasteiger partial charge < -0.3 is 9.73 Å². The van der Waals surface area contributed by atoms with Crippen molar-refractivity contribution in [3.05, 3.63) is 42.2 Å². The van der Waals surface area contributed by atoms with Crippen molar-refractivity contribution in [3.8, 4) is 11.3 Å². The van der Waals surface area contributed by atoms with Gasteiger partial charge in [-0.3, -0.25) is 4.79 Å². The quantitative estimate of drug-likeness (QED) is 0.933. The number of hydrogen-bond donors (Lipinski definition) is 1. The molecule has 1 saturated carbocycles. The van der Waals surface area contributed by atoms with Crippen LogP contribution in [0.5, 0.6) is 0 Å². The predicted molar refractivity (Wildman–Crippen MR) is 80.4 cm³/mol. The first-order valence-corrected chi connectivity index (χ1v) is 7.65. The van der Waals surface area contributed by atoms with Crippen molar-refractivity contribution in [1.82, 2.24) is 10.3 Å². The number of carbonyl (C=O) groups is 1. The van der Waals surface area contributed by atoms with Crippen molar-refractivity contribution >= 4 is 5.91 Å². The summed E-state index contributed by atoms with van der Waals surface area (Å²) in [5.41, 5.74) is 0.759. The third-order valence-electron chi connectivity index (χ3n) is 4.11. The molecule has 0 aliphatic heterocycles. The van der Waals surface area contributed by atoms with E-state index in [9.17, 15) is 9.18 Å². The van der Waals surface area contributed by atoms with Gasteiger partial charge in [-0.05, 0) is 44.0 Å². The molecule has 1 aliphatic rings. The molecule has 4 nitrogen and oxygen atoms in total. The second kappa shape index (κ2) is 6.30. The second-order valence-corrected chi connectivity index (χ2v) is 5.78. The van der Waals surface area contributed by atoms with Crippen molar-refractivity contribution in [2.45, 2.75) is 38.6 Å². The number of nitrogens with zero attached hydrogens (tertiary/aromatic N) is 1. The topological polar surface area (TPSA) is 55.1 Å². The minimum atomic E-state index is -0.291. The van der Waals surface area contributed by atoms with Crippen molar-refractivity contribution < 1.29 is 13.6 Å².